The second-order valence-corrected chi connectivity index (χ2v) is 5.38. The summed E-state index contributed by atoms with van der Waals surface area (Å²) < 4.78 is 0. The van der Waals surface area contributed by atoms with Crippen molar-refractivity contribution in [3.8, 4) is 11.3 Å². The van der Waals surface area contributed by atoms with E-state index in [1.54, 1.807) is 12.4 Å². The van der Waals surface area contributed by atoms with Gasteiger partial charge in [-0.05, 0) is 30.3 Å². The van der Waals surface area contributed by atoms with Crippen molar-refractivity contribution in [2.45, 2.75) is 0 Å². The largest absolute Gasteiger partial charge is 0.345 e. The minimum absolute atomic E-state index is 0.494. The molecule has 23 heavy (non-hydrogen) atoms. The molecule has 3 aromatic heterocycles. The molecule has 0 fully saturated rings. The molecule has 2 N–H and O–H groups in total. The Kier molecular flexibility index (Phi) is 3.40. The lowest BCUT2D eigenvalue weighted by molar-refractivity contribution is 1.17. The molecule has 1 aromatic carbocycles. The van der Waals surface area contributed by atoms with Crippen molar-refractivity contribution in [1.82, 2.24) is 19.9 Å². The first kappa shape index (κ1) is 13.7. The molecule has 4 rings (SSSR count). The van der Waals surface area contributed by atoms with Crippen LogP contribution in [0, 0.1) is 0 Å². The number of pyridine rings is 1. The van der Waals surface area contributed by atoms with Crippen LogP contribution < -0.4 is 5.32 Å². The van der Waals surface area contributed by atoms with Crippen LogP contribution in [-0.2, 0) is 0 Å². The highest BCUT2D eigenvalue weighted by molar-refractivity contribution is 6.33. The summed E-state index contributed by atoms with van der Waals surface area (Å²) in [5.74, 6) is 0.494. The highest BCUT2D eigenvalue weighted by Crippen LogP contribution is 2.28. The topological polar surface area (TPSA) is 66.5 Å². The van der Waals surface area contributed by atoms with Crippen molar-refractivity contribution >= 4 is 34.3 Å². The highest BCUT2D eigenvalue weighted by Gasteiger charge is 2.09. The zero-order chi connectivity index (χ0) is 15.6. The average Bonchev–Trinajstić information content (AvgIpc) is 3.01. The summed E-state index contributed by atoms with van der Waals surface area (Å²) in [6.07, 6.45) is 5.38. The Morgan fingerprint density at radius 3 is 2.78 bits per heavy atom. The maximum absolute atomic E-state index is 6.16. The van der Waals surface area contributed by atoms with Gasteiger partial charge in [-0.1, -0.05) is 23.7 Å². The van der Waals surface area contributed by atoms with Gasteiger partial charge in [0.25, 0.3) is 0 Å². The van der Waals surface area contributed by atoms with Gasteiger partial charge in [-0.3, -0.25) is 0 Å². The molecule has 0 radical (unpaired) electrons. The molecule has 0 atom stereocenters. The number of anilines is 2. The quantitative estimate of drug-likeness (QED) is 0.586. The van der Waals surface area contributed by atoms with E-state index >= 15 is 0 Å². The first-order valence-corrected chi connectivity index (χ1v) is 7.46. The number of halogens is 1. The molecule has 0 saturated heterocycles. The van der Waals surface area contributed by atoms with Gasteiger partial charge in [0.15, 0.2) is 0 Å². The molecular formula is C17H12ClN5. The van der Waals surface area contributed by atoms with Crippen LogP contribution in [-0.4, -0.2) is 19.9 Å². The molecule has 0 aliphatic carbocycles. The van der Waals surface area contributed by atoms with Crippen LogP contribution >= 0.6 is 11.6 Å². The van der Waals surface area contributed by atoms with E-state index in [4.69, 9.17) is 11.6 Å². The van der Waals surface area contributed by atoms with E-state index in [9.17, 15) is 0 Å². The lowest BCUT2D eigenvalue weighted by Crippen LogP contribution is -1.98. The van der Waals surface area contributed by atoms with Crippen molar-refractivity contribution in [3.63, 3.8) is 0 Å². The standard InChI is InChI=1S/C17H12ClN5/c18-13-5-1-2-6-15(13)23-17-20-9-7-14(22-17)12-10-21-16-11(12)4-3-8-19-16/h1-10H,(H,19,21)(H,20,22,23). The summed E-state index contributed by atoms with van der Waals surface area (Å²) in [5.41, 5.74) is 3.40. The number of aromatic nitrogens is 4. The number of hydrogen-bond donors (Lipinski definition) is 2. The predicted molar refractivity (Wildman–Crippen MR) is 91.9 cm³/mol. The van der Waals surface area contributed by atoms with Crippen LogP contribution in [0.2, 0.25) is 5.02 Å². The number of nitrogens with zero attached hydrogens (tertiary/aromatic N) is 3. The first-order chi connectivity index (χ1) is 11.3. The Hall–Kier alpha value is -2.92. The summed E-state index contributed by atoms with van der Waals surface area (Å²) in [4.78, 5) is 16.3. The van der Waals surface area contributed by atoms with Gasteiger partial charge in [0, 0.05) is 29.5 Å². The number of aromatic amines is 1. The molecule has 0 aliphatic rings. The van der Waals surface area contributed by atoms with Gasteiger partial charge in [-0.2, -0.15) is 0 Å². The van der Waals surface area contributed by atoms with Crippen molar-refractivity contribution in [2.75, 3.05) is 5.32 Å². The zero-order valence-corrected chi connectivity index (χ0v) is 12.7. The molecular weight excluding hydrogens is 310 g/mol. The molecule has 0 amide bonds. The molecule has 3 heterocycles. The Balaban J connectivity index is 1.73. The fourth-order valence-electron chi connectivity index (χ4n) is 2.42. The van der Waals surface area contributed by atoms with E-state index in [0.29, 0.717) is 11.0 Å². The Morgan fingerprint density at radius 1 is 0.957 bits per heavy atom. The highest BCUT2D eigenvalue weighted by atomic mass is 35.5. The molecule has 0 spiro atoms. The number of H-pyrrole nitrogens is 1. The van der Waals surface area contributed by atoms with Crippen LogP contribution in [0.3, 0.4) is 0 Å². The smallest absolute Gasteiger partial charge is 0.227 e. The molecule has 6 heteroatoms. The van der Waals surface area contributed by atoms with Crippen LogP contribution in [0.5, 0.6) is 0 Å². The second-order valence-electron chi connectivity index (χ2n) is 4.97. The van der Waals surface area contributed by atoms with Crippen molar-refractivity contribution in [1.29, 1.82) is 0 Å². The van der Waals surface area contributed by atoms with Gasteiger partial charge in [0.05, 0.1) is 16.4 Å². The summed E-state index contributed by atoms with van der Waals surface area (Å²) in [6, 6.07) is 13.3. The summed E-state index contributed by atoms with van der Waals surface area (Å²) in [6.45, 7) is 0. The average molecular weight is 322 g/mol. The Labute approximate surface area is 137 Å². The number of rotatable bonds is 3. The normalized spacial score (nSPS) is 10.8. The van der Waals surface area contributed by atoms with Gasteiger partial charge in [0.2, 0.25) is 5.95 Å². The van der Waals surface area contributed by atoms with Crippen LogP contribution in [0.15, 0.2) is 61.1 Å². The van der Waals surface area contributed by atoms with Crippen LogP contribution in [0.1, 0.15) is 0 Å². The lowest BCUT2D eigenvalue weighted by Gasteiger charge is -2.07. The van der Waals surface area contributed by atoms with Crippen molar-refractivity contribution in [3.05, 3.63) is 66.1 Å². The maximum atomic E-state index is 6.16. The SMILES string of the molecule is Clc1ccccc1Nc1nccc(-c2c[nH]c3ncccc23)n1. The molecule has 5 nitrogen and oxygen atoms in total. The zero-order valence-electron chi connectivity index (χ0n) is 12.0. The second kappa shape index (κ2) is 5.70. The Morgan fingerprint density at radius 2 is 1.87 bits per heavy atom. The molecule has 0 unspecified atom stereocenters. The monoisotopic (exact) mass is 321 g/mol. The first-order valence-electron chi connectivity index (χ1n) is 7.08. The summed E-state index contributed by atoms with van der Waals surface area (Å²) in [5, 5.41) is 4.79. The third-order valence-electron chi connectivity index (χ3n) is 3.50. The van der Waals surface area contributed by atoms with Gasteiger partial charge >= 0.3 is 0 Å². The fourth-order valence-corrected chi connectivity index (χ4v) is 2.60. The van der Waals surface area contributed by atoms with Gasteiger partial charge in [-0.25, -0.2) is 15.0 Å². The van der Waals surface area contributed by atoms with E-state index in [1.165, 1.54) is 0 Å². The maximum Gasteiger partial charge on any atom is 0.227 e. The number of hydrogen-bond acceptors (Lipinski definition) is 4. The van der Waals surface area contributed by atoms with Gasteiger partial charge in [-0.15, -0.1) is 0 Å². The van der Waals surface area contributed by atoms with E-state index in [1.807, 2.05) is 48.7 Å². The summed E-state index contributed by atoms with van der Waals surface area (Å²) >= 11 is 6.16. The van der Waals surface area contributed by atoms with Crippen molar-refractivity contribution in [2.24, 2.45) is 0 Å². The predicted octanol–water partition coefficient (Wildman–Crippen LogP) is 4.42. The van der Waals surface area contributed by atoms with E-state index in [0.717, 1.165) is 28.0 Å². The summed E-state index contributed by atoms with van der Waals surface area (Å²) in [7, 11) is 0. The molecule has 4 aromatic rings. The number of benzene rings is 1. The fraction of sp³-hybridized carbons (Fsp3) is 0. The third kappa shape index (κ3) is 2.62. The minimum atomic E-state index is 0.494. The minimum Gasteiger partial charge on any atom is -0.345 e. The van der Waals surface area contributed by atoms with E-state index in [-0.39, 0.29) is 0 Å². The van der Waals surface area contributed by atoms with Gasteiger partial charge < -0.3 is 10.3 Å². The molecule has 112 valence electrons. The Bertz CT molecular complexity index is 979. The molecule has 0 bridgehead atoms. The molecule has 0 aliphatic heterocycles. The van der Waals surface area contributed by atoms with E-state index in [2.05, 4.69) is 25.3 Å². The number of nitrogens with one attached hydrogen (secondary N) is 2. The van der Waals surface area contributed by atoms with E-state index < -0.39 is 0 Å². The molecule has 0 saturated carbocycles. The van der Waals surface area contributed by atoms with Crippen LogP contribution in [0.4, 0.5) is 11.6 Å². The van der Waals surface area contributed by atoms with Crippen molar-refractivity contribution < 1.29 is 0 Å². The third-order valence-corrected chi connectivity index (χ3v) is 3.83. The van der Waals surface area contributed by atoms with Crippen LogP contribution in [0.25, 0.3) is 22.3 Å². The number of fused-ring (bicyclic) bond motifs is 1. The lowest BCUT2D eigenvalue weighted by atomic mass is 10.1. The van der Waals surface area contributed by atoms with Gasteiger partial charge in [0.1, 0.15) is 5.65 Å². The number of para-hydroxylation sites is 1.